The van der Waals surface area contributed by atoms with Crippen LogP contribution < -0.4 is 0 Å². The molecule has 2 aromatic carbocycles. The maximum atomic E-state index is 12.5. The van der Waals surface area contributed by atoms with E-state index in [1.807, 2.05) is 36.4 Å². The number of carbonyl (C=O) groups is 1. The number of rotatable bonds is 5. The van der Waals surface area contributed by atoms with Gasteiger partial charge < -0.3 is 13.9 Å². The van der Waals surface area contributed by atoms with Crippen LogP contribution in [0, 0.1) is 0 Å². The van der Waals surface area contributed by atoms with Gasteiger partial charge in [0.2, 0.25) is 0 Å². The van der Waals surface area contributed by atoms with E-state index in [1.54, 1.807) is 6.26 Å². The first kappa shape index (κ1) is 20.3. The summed E-state index contributed by atoms with van der Waals surface area (Å²) in [6.07, 6.45) is 5.04. The van der Waals surface area contributed by atoms with Crippen molar-refractivity contribution in [1.82, 2.24) is 4.57 Å². The van der Waals surface area contributed by atoms with Crippen LogP contribution in [-0.4, -0.2) is 28.5 Å². The van der Waals surface area contributed by atoms with E-state index in [0.717, 1.165) is 40.6 Å². The molecule has 1 aliphatic carbocycles. The number of ether oxygens (including phenoxy) is 1. The highest BCUT2D eigenvalue weighted by Crippen LogP contribution is 2.42. The highest BCUT2D eigenvalue weighted by Gasteiger charge is 2.31. The number of nitrogens with zero attached hydrogens (tertiary/aromatic N) is 1. The van der Waals surface area contributed by atoms with Crippen LogP contribution in [0.25, 0.3) is 10.9 Å². The van der Waals surface area contributed by atoms with Crippen LogP contribution >= 0.6 is 11.6 Å². The second-order valence-electron chi connectivity index (χ2n) is 7.55. The lowest BCUT2D eigenvalue weighted by atomic mass is 9.84. The fourth-order valence-electron chi connectivity index (χ4n) is 4.51. The highest BCUT2D eigenvalue weighted by molar-refractivity contribution is 7.91. The summed E-state index contributed by atoms with van der Waals surface area (Å²) >= 11 is 4.96. The van der Waals surface area contributed by atoms with Gasteiger partial charge >= 0.3 is 5.97 Å². The van der Waals surface area contributed by atoms with E-state index in [0.29, 0.717) is 18.0 Å². The summed E-state index contributed by atoms with van der Waals surface area (Å²) in [6.45, 7) is 0.648. The smallest absolute Gasteiger partial charge is 0.306 e. The molecule has 2 atom stereocenters. The van der Waals surface area contributed by atoms with Crippen molar-refractivity contribution in [3.63, 3.8) is 0 Å². The summed E-state index contributed by atoms with van der Waals surface area (Å²) in [7, 11) is 1.44. The quantitative estimate of drug-likeness (QED) is 0.420. The highest BCUT2D eigenvalue weighted by atomic mass is 35.5. The van der Waals surface area contributed by atoms with E-state index >= 15 is 0 Å². The van der Waals surface area contributed by atoms with Gasteiger partial charge in [-0.15, -0.1) is 0 Å². The third kappa shape index (κ3) is 3.91. The Bertz CT molecular complexity index is 1040. The number of aromatic nitrogens is 1. The van der Waals surface area contributed by atoms with Gasteiger partial charge in [0.05, 0.1) is 13.5 Å². The molecule has 3 aromatic rings. The van der Waals surface area contributed by atoms with Crippen LogP contribution in [0.2, 0.25) is 5.02 Å². The molecule has 1 aliphatic rings. The summed E-state index contributed by atoms with van der Waals surface area (Å²) in [5.41, 5.74) is 4.60. The molecule has 6 heteroatoms. The number of hydrogen-bond acceptors (Lipinski definition) is 3. The van der Waals surface area contributed by atoms with Crippen molar-refractivity contribution in [1.29, 1.82) is 0 Å². The molecule has 1 heterocycles. The van der Waals surface area contributed by atoms with E-state index < -0.39 is 11.2 Å². The fourth-order valence-corrected chi connectivity index (χ4v) is 5.40. The topological polar surface area (TPSA) is 54.3 Å². The Balaban J connectivity index is 1.93. The first-order chi connectivity index (χ1) is 14.0. The number of hydrogen-bond donors (Lipinski definition) is 0. The molecule has 0 unspecified atom stereocenters. The van der Waals surface area contributed by atoms with Crippen LogP contribution in [-0.2, 0) is 33.7 Å². The molecular weight excluding hydrogens is 406 g/mol. The van der Waals surface area contributed by atoms with Crippen LogP contribution in [0.4, 0.5) is 0 Å². The third-order valence-electron chi connectivity index (χ3n) is 5.76. The average Bonchev–Trinajstić information content (AvgIpc) is 3.04. The van der Waals surface area contributed by atoms with Crippen molar-refractivity contribution in [2.24, 2.45) is 0 Å². The Morgan fingerprint density at radius 3 is 2.72 bits per heavy atom. The molecule has 0 saturated carbocycles. The summed E-state index contributed by atoms with van der Waals surface area (Å²) in [4.78, 5) is 12.9. The zero-order valence-electron chi connectivity index (χ0n) is 16.6. The predicted octanol–water partition coefficient (Wildman–Crippen LogP) is 5.06. The second kappa shape index (κ2) is 8.42. The predicted molar refractivity (Wildman–Crippen MR) is 117 cm³/mol. The molecule has 0 N–H and O–H groups in total. The monoisotopic (exact) mass is 429 g/mol. The zero-order valence-corrected chi connectivity index (χ0v) is 18.2. The van der Waals surface area contributed by atoms with Gasteiger partial charge in [-0.3, -0.25) is 4.79 Å². The van der Waals surface area contributed by atoms with Gasteiger partial charge in [-0.25, -0.2) is 0 Å². The molecule has 0 spiro atoms. The molecule has 0 amide bonds. The molecule has 4 nitrogen and oxygen atoms in total. The third-order valence-corrected chi connectivity index (χ3v) is 6.97. The maximum Gasteiger partial charge on any atom is 0.306 e. The summed E-state index contributed by atoms with van der Waals surface area (Å²) in [6, 6.07) is 13.9. The molecule has 29 heavy (non-hydrogen) atoms. The van der Waals surface area contributed by atoms with E-state index in [1.165, 1.54) is 18.4 Å². The number of fused-ring (bicyclic) bond motifs is 3. The first-order valence-electron chi connectivity index (χ1n) is 9.78. The van der Waals surface area contributed by atoms with Crippen molar-refractivity contribution in [2.75, 3.05) is 13.4 Å². The van der Waals surface area contributed by atoms with Crippen molar-refractivity contribution >= 4 is 39.6 Å². The van der Waals surface area contributed by atoms with Gasteiger partial charge in [-0.1, -0.05) is 35.9 Å². The number of benzene rings is 2. The van der Waals surface area contributed by atoms with Gasteiger partial charge in [0.15, 0.2) is 4.90 Å². The maximum absolute atomic E-state index is 12.5. The first-order valence-corrected chi connectivity index (χ1v) is 11.7. The van der Waals surface area contributed by atoms with Crippen molar-refractivity contribution < 1.29 is 14.1 Å². The second-order valence-corrected chi connectivity index (χ2v) is 9.34. The molecule has 4 rings (SSSR count). The molecule has 1 aromatic heterocycles. The summed E-state index contributed by atoms with van der Waals surface area (Å²) < 4.78 is 19.8. The lowest BCUT2D eigenvalue weighted by Crippen LogP contribution is -2.18. The summed E-state index contributed by atoms with van der Waals surface area (Å²) in [5, 5.41) is 1.85. The van der Waals surface area contributed by atoms with Gasteiger partial charge in [0.25, 0.3) is 0 Å². The molecule has 0 aliphatic heterocycles. The van der Waals surface area contributed by atoms with E-state index in [4.69, 9.17) is 16.3 Å². The Kier molecular flexibility index (Phi) is 5.91. The van der Waals surface area contributed by atoms with E-state index in [2.05, 4.69) is 10.6 Å². The Labute approximate surface area is 179 Å². The summed E-state index contributed by atoms with van der Waals surface area (Å²) in [5.74, 6) is -0.0884. The fraction of sp³-hybridized carbons (Fsp3) is 0.348. The van der Waals surface area contributed by atoms with Gasteiger partial charge in [0.1, 0.15) is 11.8 Å². The largest absolute Gasteiger partial charge is 0.612 e. The van der Waals surface area contributed by atoms with E-state index in [-0.39, 0.29) is 11.9 Å². The molecule has 152 valence electrons. The molecule has 0 fully saturated rings. The van der Waals surface area contributed by atoms with E-state index in [9.17, 15) is 9.35 Å². The lowest BCUT2D eigenvalue weighted by Gasteiger charge is -2.25. The minimum absolute atomic E-state index is 0.101. The normalized spacial score (nSPS) is 17.2. The van der Waals surface area contributed by atoms with Gasteiger partial charge in [0, 0.05) is 28.6 Å². The molecule has 0 radical (unpaired) electrons. The van der Waals surface area contributed by atoms with Gasteiger partial charge in [-0.2, -0.15) is 0 Å². The van der Waals surface area contributed by atoms with Crippen LogP contribution in [0.1, 0.15) is 42.0 Å². The Hall–Kier alpha value is -1.95. The van der Waals surface area contributed by atoms with Gasteiger partial charge in [-0.05, 0) is 59.8 Å². The van der Waals surface area contributed by atoms with Crippen molar-refractivity contribution in [3.05, 3.63) is 64.3 Å². The van der Waals surface area contributed by atoms with Crippen LogP contribution in [0.5, 0.6) is 0 Å². The minimum atomic E-state index is -1.11. The zero-order chi connectivity index (χ0) is 20.5. The minimum Gasteiger partial charge on any atom is -0.612 e. The molecule has 0 saturated heterocycles. The lowest BCUT2D eigenvalue weighted by molar-refractivity contribution is -0.141. The number of esters is 1. The SMILES string of the molecule is COC(=O)C[C@H]1CCCc2c1n(Cc1ccc(Cl)cc1)c1c([S@@+](C)[O-])cccc21. The van der Waals surface area contributed by atoms with Crippen molar-refractivity contribution in [2.45, 2.75) is 43.0 Å². The standard InChI is InChI=1S/C23H24ClNO3S/c1-28-21(26)13-16-5-3-6-18-19-7-4-8-20(29(2)27)23(19)25(22(16)18)14-15-9-11-17(24)12-10-15/h4,7-12,16H,3,5-6,13-14H2,1-2H3/t16-,29-/m1/s1. The number of methoxy groups -OCH3 is 1. The van der Waals surface area contributed by atoms with Crippen molar-refractivity contribution in [3.8, 4) is 0 Å². The number of carbonyl (C=O) groups excluding carboxylic acids is 1. The van der Waals surface area contributed by atoms with Crippen LogP contribution in [0.15, 0.2) is 47.4 Å². The Morgan fingerprint density at radius 2 is 2.03 bits per heavy atom. The number of halogens is 1. The van der Waals surface area contributed by atoms with Crippen LogP contribution in [0.3, 0.4) is 0 Å². The average molecular weight is 430 g/mol. The number of para-hydroxylation sites is 1. The molecule has 0 bridgehead atoms. The Morgan fingerprint density at radius 1 is 1.28 bits per heavy atom. The number of aryl methyl sites for hydroxylation is 1. The molecular formula is C23H24ClNO3S.